The van der Waals surface area contributed by atoms with Crippen LogP contribution < -0.4 is 11.5 Å². The number of hydrogen-bond donors (Lipinski definition) is 2. The van der Waals surface area contributed by atoms with Gasteiger partial charge in [0.15, 0.2) is 0 Å². The van der Waals surface area contributed by atoms with Gasteiger partial charge in [0.1, 0.15) is 0 Å². The monoisotopic (exact) mass is 170 g/mol. The molecular formula is C10H22N2. The van der Waals surface area contributed by atoms with E-state index < -0.39 is 0 Å². The van der Waals surface area contributed by atoms with E-state index in [1.54, 1.807) is 0 Å². The van der Waals surface area contributed by atoms with Crippen molar-refractivity contribution in [1.29, 1.82) is 0 Å². The van der Waals surface area contributed by atoms with E-state index in [1.165, 1.54) is 32.1 Å². The third-order valence-electron chi connectivity index (χ3n) is 3.31. The van der Waals surface area contributed by atoms with Crippen molar-refractivity contribution >= 4 is 0 Å². The standard InChI is InChI=1S/C10H22N2/c1-2-8-5-3-4-6-9(8)10(12)7-11/h8-10H,2-7,11-12H2,1H3. The lowest BCUT2D eigenvalue weighted by Gasteiger charge is -2.34. The fourth-order valence-corrected chi connectivity index (χ4v) is 2.48. The molecule has 0 aromatic rings. The van der Waals surface area contributed by atoms with E-state index in [0.717, 1.165) is 5.92 Å². The molecule has 0 radical (unpaired) electrons. The molecule has 1 aliphatic rings. The Morgan fingerprint density at radius 3 is 2.58 bits per heavy atom. The molecule has 0 bridgehead atoms. The number of nitrogens with two attached hydrogens (primary N) is 2. The van der Waals surface area contributed by atoms with E-state index in [9.17, 15) is 0 Å². The molecule has 0 saturated heterocycles. The van der Waals surface area contributed by atoms with Gasteiger partial charge in [0, 0.05) is 12.6 Å². The fraction of sp³-hybridized carbons (Fsp3) is 1.00. The van der Waals surface area contributed by atoms with Crippen molar-refractivity contribution in [3.05, 3.63) is 0 Å². The summed E-state index contributed by atoms with van der Waals surface area (Å²) in [7, 11) is 0. The Balaban J connectivity index is 2.46. The largest absolute Gasteiger partial charge is 0.329 e. The van der Waals surface area contributed by atoms with Crippen molar-refractivity contribution in [2.75, 3.05) is 6.54 Å². The van der Waals surface area contributed by atoms with Crippen LogP contribution in [0, 0.1) is 11.8 Å². The molecule has 3 unspecified atom stereocenters. The lowest BCUT2D eigenvalue weighted by molar-refractivity contribution is 0.198. The molecule has 1 fully saturated rings. The van der Waals surface area contributed by atoms with Gasteiger partial charge in [0.2, 0.25) is 0 Å². The van der Waals surface area contributed by atoms with Gasteiger partial charge in [0.05, 0.1) is 0 Å². The third-order valence-corrected chi connectivity index (χ3v) is 3.31. The fourth-order valence-electron chi connectivity index (χ4n) is 2.48. The van der Waals surface area contributed by atoms with Crippen LogP contribution in [0.25, 0.3) is 0 Å². The molecule has 0 aromatic heterocycles. The first-order valence-electron chi connectivity index (χ1n) is 5.25. The maximum Gasteiger partial charge on any atom is 0.0194 e. The smallest absolute Gasteiger partial charge is 0.0194 e. The average Bonchev–Trinajstić information content (AvgIpc) is 2.16. The zero-order valence-electron chi connectivity index (χ0n) is 8.13. The van der Waals surface area contributed by atoms with Gasteiger partial charge < -0.3 is 11.5 Å². The first-order valence-corrected chi connectivity index (χ1v) is 5.25. The molecule has 0 aromatic carbocycles. The molecule has 72 valence electrons. The number of rotatable bonds is 3. The van der Waals surface area contributed by atoms with Gasteiger partial charge in [-0.15, -0.1) is 0 Å². The summed E-state index contributed by atoms with van der Waals surface area (Å²) in [6, 6.07) is 0.246. The predicted molar refractivity (Wildman–Crippen MR) is 52.8 cm³/mol. The first kappa shape index (κ1) is 10.0. The van der Waals surface area contributed by atoms with Gasteiger partial charge in [-0.3, -0.25) is 0 Å². The quantitative estimate of drug-likeness (QED) is 0.674. The molecule has 0 heterocycles. The normalized spacial score (nSPS) is 33.2. The summed E-state index contributed by atoms with van der Waals surface area (Å²) in [5.74, 6) is 1.55. The van der Waals surface area contributed by atoms with Crippen molar-refractivity contribution in [2.24, 2.45) is 23.3 Å². The highest BCUT2D eigenvalue weighted by atomic mass is 14.7. The van der Waals surface area contributed by atoms with Crippen LogP contribution in [-0.2, 0) is 0 Å². The van der Waals surface area contributed by atoms with Gasteiger partial charge in [-0.2, -0.15) is 0 Å². The average molecular weight is 170 g/mol. The topological polar surface area (TPSA) is 52.0 Å². The molecule has 12 heavy (non-hydrogen) atoms. The second-order valence-corrected chi connectivity index (χ2v) is 4.02. The molecule has 1 rings (SSSR count). The van der Waals surface area contributed by atoms with Crippen LogP contribution in [0.2, 0.25) is 0 Å². The minimum absolute atomic E-state index is 0.246. The molecular weight excluding hydrogens is 148 g/mol. The highest BCUT2D eigenvalue weighted by Crippen LogP contribution is 2.33. The van der Waals surface area contributed by atoms with E-state index in [-0.39, 0.29) is 6.04 Å². The molecule has 0 amide bonds. The van der Waals surface area contributed by atoms with Crippen molar-refractivity contribution in [3.8, 4) is 0 Å². The summed E-state index contributed by atoms with van der Waals surface area (Å²) in [4.78, 5) is 0. The summed E-state index contributed by atoms with van der Waals surface area (Å²) in [6.45, 7) is 2.92. The zero-order valence-corrected chi connectivity index (χ0v) is 8.13. The second-order valence-electron chi connectivity index (χ2n) is 4.02. The minimum Gasteiger partial charge on any atom is -0.329 e. The van der Waals surface area contributed by atoms with Gasteiger partial charge in [-0.05, 0) is 18.3 Å². The highest BCUT2D eigenvalue weighted by Gasteiger charge is 2.27. The molecule has 4 N–H and O–H groups in total. The van der Waals surface area contributed by atoms with Crippen LogP contribution in [-0.4, -0.2) is 12.6 Å². The van der Waals surface area contributed by atoms with Gasteiger partial charge in [-0.25, -0.2) is 0 Å². The van der Waals surface area contributed by atoms with E-state index in [2.05, 4.69) is 6.92 Å². The summed E-state index contributed by atoms with van der Waals surface area (Å²) >= 11 is 0. The maximum atomic E-state index is 5.99. The summed E-state index contributed by atoms with van der Waals surface area (Å²) in [5.41, 5.74) is 11.6. The van der Waals surface area contributed by atoms with Crippen LogP contribution in [0.3, 0.4) is 0 Å². The third kappa shape index (κ3) is 2.20. The Hall–Kier alpha value is -0.0800. The van der Waals surface area contributed by atoms with Crippen molar-refractivity contribution in [2.45, 2.75) is 45.1 Å². The molecule has 1 aliphatic carbocycles. The SMILES string of the molecule is CCC1CCCCC1C(N)CN. The van der Waals surface area contributed by atoms with Crippen LogP contribution >= 0.6 is 0 Å². The summed E-state index contributed by atoms with van der Waals surface area (Å²) < 4.78 is 0. The van der Waals surface area contributed by atoms with Gasteiger partial charge in [-0.1, -0.05) is 32.6 Å². The summed E-state index contributed by atoms with van der Waals surface area (Å²) in [5, 5.41) is 0. The second kappa shape index (κ2) is 4.83. The molecule has 0 spiro atoms. The van der Waals surface area contributed by atoms with Crippen molar-refractivity contribution in [1.82, 2.24) is 0 Å². The Morgan fingerprint density at radius 2 is 2.00 bits per heavy atom. The van der Waals surface area contributed by atoms with Gasteiger partial charge in [0.25, 0.3) is 0 Å². The van der Waals surface area contributed by atoms with E-state index >= 15 is 0 Å². The van der Waals surface area contributed by atoms with Gasteiger partial charge >= 0.3 is 0 Å². The van der Waals surface area contributed by atoms with Crippen LogP contribution in [0.4, 0.5) is 0 Å². The van der Waals surface area contributed by atoms with Crippen LogP contribution in [0.15, 0.2) is 0 Å². The van der Waals surface area contributed by atoms with E-state index in [1.807, 2.05) is 0 Å². The van der Waals surface area contributed by atoms with E-state index in [4.69, 9.17) is 11.5 Å². The molecule has 3 atom stereocenters. The Bertz CT molecular complexity index is 125. The highest BCUT2D eigenvalue weighted by molar-refractivity contribution is 4.82. The maximum absolute atomic E-state index is 5.99. The Labute approximate surface area is 75.7 Å². The lowest BCUT2D eigenvalue weighted by atomic mass is 9.74. The lowest BCUT2D eigenvalue weighted by Crippen LogP contribution is -2.42. The van der Waals surface area contributed by atoms with Crippen LogP contribution in [0.5, 0.6) is 0 Å². The van der Waals surface area contributed by atoms with Crippen molar-refractivity contribution in [3.63, 3.8) is 0 Å². The Morgan fingerprint density at radius 1 is 1.33 bits per heavy atom. The first-order chi connectivity index (χ1) is 5.79. The summed E-state index contributed by atoms with van der Waals surface area (Å²) in [6.07, 6.45) is 6.70. The molecule has 0 aliphatic heterocycles. The zero-order chi connectivity index (χ0) is 8.97. The molecule has 2 heteroatoms. The minimum atomic E-state index is 0.246. The molecule has 1 saturated carbocycles. The van der Waals surface area contributed by atoms with Crippen LogP contribution in [0.1, 0.15) is 39.0 Å². The predicted octanol–water partition coefficient (Wildman–Crippen LogP) is 1.49. The number of hydrogen-bond acceptors (Lipinski definition) is 2. The van der Waals surface area contributed by atoms with E-state index in [0.29, 0.717) is 12.5 Å². The molecule has 2 nitrogen and oxygen atoms in total. The van der Waals surface area contributed by atoms with Crippen molar-refractivity contribution < 1.29 is 0 Å². The Kier molecular flexibility index (Phi) is 4.02.